The number of aryl methyl sites for hydroxylation is 6. The molecule has 0 saturated carbocycles. The Morgan fingerprint density at radius 2 is 0.657 bits per heavy atom. The maximum absolute atomic E-state index is 13.8. The number of nitro groups is 2. The van der Waals surface area contributed by atoms with E-state index in [2.05, 4.69) is 64.2 Å². The lowest BCUT2D eigenvalue weighted by atomic mass is 10.0. The Morgan fingerprint density at radius 3 is 1.01 bits per heavy atom. The number of nitrogens with zero attached hydrogens (tertiary/aromatic N) is 8. The third-order valence-corrected chi connectivity index (χ3v) is 32.3. The lowest BCUT2D eigenvalue weighted by Crippen LogP contribution is -2.04. The highest BCUT2D eigenvalue weighted by molar-refractivity contribution is 7.34. The number of aromatic amines is 2. The molecule has 0 bridgehead atoms. The fourth-order valence-corrected chi connectivity index (χ4v) is 27.0. The van der Waals surface area contributed by atoms with Crippen LogP contribution in [0.25, 0.3) is 123 Å². The molecule has 12 heterocycles. The first-order valence-electron chi connectivity index (χ1n) is 41.9. The van der Waals surface area contributed by atoms with Crippen molar-refractivity contribution in [1.29, 1.82) is 0 Å². The highest BCUT2D eigenvalue weighted by Gasteiger charge is 2.41. The largest absolute Gasteiger partial charge is 0.357 e. The van der Waals surface area contributed by atoms with Crippen LogP contribution in [0.15, 0.2) is 33.7 Å². The van der Waals surface area contributed by atoms with Crippen LogP contribution in [0, 0.1) is 20.2 Å². The molecule has 12 aromatic heterocycles. The minimum Gasteiger partial charge on any atom is -0.281 e. The zero-order valence-electron chi connectivity index (χ0n) is 64.5. The molecular weight excluding hydrogens is 1490 g/mol. The normalized spacial score (nSPS) is 12.4. The van der Waals surface area contributed by atoms with Gasteiger partial charge in [-0.2, -0.15) is 15.0 Å². The van der Waals surface area contributed by atoms with Crippen LogP contribution in [0.2, 0.25) is 0 Å². The number of hydrogen-bond donors (Lipinski definition) is 2. The lowest BCUT2D eigenvalue weighted by Gasteiger charge is -2.07. The number of rotatable bonds is 51. The van der Waals surface area contributed by atoms with E-state index in [1.807, 2.05) is 57.5 Å². The van der Waals surface area contributed by atoms with Gasteiger partial charge in [-0.05, 0) is 120 Å². The average molecular weight is 1610 g/mol. The fourth-order valence-electron chi connectivity index (χ4n) is 16.7. The van der Waals surface area contributed by atoms with Gasteiger partial charge in [-0.15, -0.1) is 90.7 Å². The standard InChI is InChI=1S/C86H112N10O4S8/c1-5-9-13-17-21-25-29-33-39-45-57-53-101-63-51-61(105-79(57)63)65-71-72(66(78(96(99)100)77(65)95(97)98)62-52-64-80(106-62)58(54-102-64)46-40-34-30-26-22-18-14-10-6-2)90-93(89-71)49-43-37-38-44-50-94-91-73-67-69(87-75-83(67)107-81-59(55-103-85(75)81)47-41-35-31-27-23-19-15-11-7-3)70-68(74(73)92-94)84-76(88-70)86-82(108-84)60(56-104-86)48-42-36-32-28-24-20-16-12-8-4/h51-56,91-92H,5-50H2,1-4H3. The number of nitro benzene ring substituents is 2. The van der Waals surface area contributed by atoms with Crippen molar-refractivity contribution in [3.05, 3.63) is 76.1 Å². The Morgan fingerprint density at radius 1 is 0.343 bits per heavy atom. The van der Waals surface area contributed by atoms with Crippen LogP contribution in [-0.2, 0) is 38.8 Å². The van der Waals surface area contributed by atoms with Gasteiger partial charge in [0.25, 0.3) is 0 Å². The molecule has 2 N–H and O–H groups in total. The molecule has 0 atom stereocenters. The van der Waals surface area contributed by atoms with Gasteiger partial charge in [0.1, 0.15) is 44.2 Å². The molecule has 578 valence electrons. The van der Waals surface area contributed by atoms with Crippen LogP contribution >= 0.6 is 90.7 Å². The van der Waals surface area contributed by atoms with E-state index in [9.17, 15) is 20.2 Å². The fraction of sp³-hybridized carbons (Fsp3) is 0.581. The molecule has 0 aliphatic heterocycles. The third kappa shape index (κ3) is 17.9. The predicted octanol–water partition coefficient (Wildman–Crippen LogP) is 31.3. The number of nitrogens with one attached hydrogen (secondary N) is 2. The first-order valence-corrected chi connectivity index (χ1v) is 48.7. The molecule has 0 aliphatic rings. The van der Waals surface area contributed by atoms with E-state index in [1.54, 1.807) is 27.5 Å². The van der Waals surface area contributed by atoms with E-state index in [-0.39, 0.29) is 11.1 Å². The van der Waals surface area contributed by atoms with Crippen LogP contribution in [0.4, 0.5) is 11.4 Å². The van der Waals surface area contributed by atoms with Crippen molar-refractivity contribution in [3.8, 4) is 20.9 Å². The Bertz CT molecular complexity index is 4970. The SMILES string of the molecule is CCCCCCCCCCCc1csc2cc(-c3c([N+](=O)[O-])c([N+](=O)[O-])c(-c4cc5scc(CCCCCCCCCCC)c5s4)c4nn(CCCCCCn5[nH]c6c([nH]5)c5c(nc7c8scc(CCCCCCCCCCC)c8sc75)c5nc7c8scc(CCCCCCCCCCC)c8sc7c56)nc34)sc12. The number of unbranched alkanes of at least 4 members (excludes halogenated alkanes) is 35. The molecular formula is C86H112N10O4S8. The monoisotopic (exact) mass is 1600 g/mol. The average Bonchev–Trinajstić information content (AvgIpc) is 1.52. The van der Waals surface area contributed by atoms with E-state index in [4.69, 9.17) is 20.2 Å². The first kappa shape index (κ1) is 78.9. The molecule has 0 fully saturated rings. The molecule has 0 saturated heterocycles. The minimum absolute atomic E-state index is 0.197. The molecule has 0 unspecified atom stereocenters. The summed E-state index contributed by atoms with van der Waals surface area (Å²) in [5.41, 5.74) is 11.9. The summed E-state index contributed by atoms with van der Waals surface area (Å²) in [5, 5.41) is 57.5. The van der Waals surface area contributed by atoms with Gasteiger partial charge >= 0.3 is 11.4 Å². The molecule has 108 heavy (non-hydrogen) atoms. The van der Waals surface area contributed by atoms with Crippen LogP contribution < -0.4 is 0 Å². The molecule has 2 aromatic carbocycles. The van der Waals surface area contributed by atoms with Gasteiger partial charge in [0, 0.05) is 39.3 Å². The van der Waals surface area contributed by atoms with Crippen LogP contribution in [0.5, 0.6) is 0 Å². The zero-order chi connectivity index (χ0) is 74.3. The van der Waals surface area contributed by atoms with E-state index in [0.717, 1.165) is 123 Å². The quantitative estimate of drug-likeness (QED) is 0.0215. The van der Waals surface area contributed by atoms with Crippen molar-refractivity contribution in [2.45, 2.75) is 323 Å². The minimum atomic E-state index is -0.529. The van der Waals surface area contributed by atoms with E-state index >= 15 is 0 Å². The number of H-pyrrole nitrogens is 2. The molecule has 14 rings (SSSR count). The molecule has 14 aromatic rings. The number of aromatic nitrogens is 8. The van der Waals surface area contributed by atoms with Crippen molar-refractivity contribution in [2.75, 3.05) is 0 Å². The van der Waals surface area contributed by atoms with Gasteiger partial charge in [-0.25, -0.2) is 14.8 Å². The summed E-state index contributed by atoms with van der Waals surface area (Å²) in [4.78, 5) is 42.9. The van der Waals surface area contributed by atoms with E-state index < -0.39 is 21.2 Å². The Kier molecular flexibility index (Phi) is 28.3. The zero-order valence-corrected chi connectivity index (χ0v) is 71.0. The topological polar surface area (TPSA) is 179 Å². The summed E-state index contributed by atoms with van der Waals surface area (Å²) in [6.45, 7) is 10.3. The molecule has 0 spiro atoms. The summed E-state index contributed by atoms with van der Waals surface area (Å²) in [6.07, 6.45) is 53.9. The van der Waals surface area contributed by atoms with Crippen LogP contribution in [0.3, 0.4) is 0 Å². The number of hydrogen-bond acceptors (Lipinski definition) is 16. The highest BCUT2D eigenvalue weighted by Crippen LogP contribution is 2.56. The summed E-state index contributed by atoms with van der Waals surface area (Å²) < 4.78 is 12.2. The van der Waals surface area contributed by atoms with Crippen LogP contribution in [-0.4, -0.2) is 49.8 Å². The second kappa shape index (κ2) is 38.7. The number of thiophene rings is 8. The molecule has 0 aliphatic carbocycles. The second-order valence-electron chi connectivity index (χ2n) is 31.0. The lowest BCUT2D eigenvalue weighted by molar-refractivity contribution is -0.421. The summed E-state index contributed by atoms with van der Waals surface area (Å²) in [5.74, 6) is 0. The number of benzene rings is 2. The molecule has 14 nitrogen and oxygen atoms in total. The van der Waals surface area contributed by atoms with Crippen molar-refractivity contribution < 1.29 is 9.85 Å². The highest BCUT2D eigenvalue weighted by atomic mass is 32.1. The second-order valence-corrected chi connectivity index (χ2v) is 38.7. The molecule has 0 radical (unpaired) electrons. The summed E-state index contributed by atoms with van der Waals surface area (Å²) >= 11 is 13.9. The van der Waals surface area contributed by atoms with Crippen molar-refractivity contribution in [1.82, 2.24) is 40.0 Å². The maximum Gasteiger partial charge on any atom is 0.357 e. The predicted molar refractivity (Wildman–Crippen MR) is 473 cm³/mol. The summed E-state index contributed by atoms with van der Waals surface area (Å²) in [7, 11) is 0. The van der Waals surface area contributed by atoms with E-state index in [1.165, 1.54) is 302 Å². The molecule has 0 amide bonds. The van der Waals surface area contributed by atoms with E-state index in [0.29, 0.717) is 27.3 Å². The van der Waals surface area contributed by atoms with Gasteiger partial charge in [-0.3, -0.25) is 30.4 Å². The van der Waals surface area contributed by atoms with Gasteiger partial charge in [0.05, 0.1) is 62.2 Å². The number of fused-ring (bicyclic) bond motifs is 17. The first-order chi connectivity index (χ1) is 53.2. The van der Waals surface area contributed by atoms with Gasteiger partial charge in [0.2, 0.25) is 0 Å². The van der Waals surface area contributed by atoms with Crippen molar-refractivity contribution >= 4 is 204 Å². The van der Waals surface area contributed by atoms with Gasteiger partial charge < -0.3 is 0 Å². The maximum atomic E-state index is 13.8. The van der Waals surface area contributed by atoms with Crippen LogP contribution in [0.1, 0.15) is 307 Å². The molecule has 22 heteroatoms. The van der Waals surface area contributed by atoms with Crippen molar-refractivity contribution in [2.24, 2.45) is 0 Å². The summed E-state index contributed by atoms with van der Waals surface area (Å²) in [6, 6.07) is 4.02. The smallest absolute Gasteiger partial charge is 0.281 e. The van der Waals surface area contributed by atoms with Gasteiger partial charge in [-0.1, -0.05) is 246 Å². The Labute approximate surface area is 668 Å². The van der Waals surface area contributed by atoms with Crippen molar-refractivity contribution in [3.63, 3.8) is 0 Å². The van der Waals surface area contributed by atoms with Gasteiger partial charge in [0.15, 0.2) is 0 Å². The Hall–Kier alpha value is -5.72. The Balaban J connectivity index is 0.724. The third-order valence-electron chi connectivity index (χ3n) is 22.8.